The van der Waals surface area contributed by atoms with E-state index >= 15 is 0 Å². The van der Waals surface area contributed by atoms with Crippen LogP contribution in [0, 0.1) is 19.8 Å². The van der Waals surface area contributed by atoms with Crippen molar-refractivity contribution in [3.8, 4) is 0 Å². The fourth-order valence-corrected chi connectivity index (χ4v) is 4.26. The van der Waals surface area contributed by atoms with Gasteiger partial charge in [0.1, 0.15) is 6.54 Å². The second kappa shape index (κ2) is 8.21. The summed E-state index contributed by atoms with van der Waals surface area (Å²) in [4.78, 5) is 31.1. The van der Waals surface area contributed by atoms with E-state index in [-0.39, 0.29) is 18.4 Å². The molecule has 0 aliphatic carbocycles. The van der Waals surface area contributed by atoms with Crippen LogP contribution < -0.4 is 4.90 Å². The number of carbonyl (C=O) groups is 2. The third kappa shape index (κ3) is 4.64. The van der Waals surface area contributed by atoms with Gasteiger partial charge in [0.05, 0.1) is 0 Å². The number of piperidine rings is 1. The standard InChI is InChI=1S/C21H31N3O2/c1-16-11-17(2)13-19(12-16)24-10-9-23(15-21(24)26)20(25)7-6-18-5-4-8-22(3)14-18/h11-13,18H,4-10,14-15H2,1-3H3. The van der Waals surface area contributed by atoms with Crippen molar-refractivity contribution >= 4 is 17.5 Å². The number of benzene rings is 1. The largest absolute Gasteiger partial charge is 0.332 e. The van der Waals surface area contributed by atoms with E-state index in [1.54, 1.807) is 4.90 Å². The van der Waals surface area contributed by atoms with E-state index in [4.69, 9.17) is 0 Å². The van der Waals surface area contributed by atoms with Crippen LogP contribution in [-0.2, 0) is 9.59 Å². The van der Waals surface area contributed by atoms with Crippen LogP contribution in [0.15, 0.2) is 18.2 Å². The summed E-state index contributed by atoms with van der Waals surface area (Å²) in [5.74, 6) is 0.767. The Labute approximate surface area is 156 Å². The van der Waals surface area contributed by atoms with Crippen molar-refractivity contribution in [2.75, 3.05) is 44.7 Å². The van der Waals surface area contributed by atoms with Crippen LogP contribution in [0.3, 0.4) is 0 Å². The topological polar surface area (TPSA) is 43.9 Å². The highest BCUT2D eigenvalue weighted by atomic mass is 16.2. The molecule has 5 heteroatoms. The summed E-state index contributed by atoms with van der Waals surface area (Å²) in [5, 5.41) is 0. The monoisotopic (exact) mass is 357 g/mol. The zero-order valence-corrected chi connectivity index (χ0v) is 16.3. The zero-order chi connectivity index (χ0) is 18.7. The van der Waals surface area contributed by atoms with Gasteiger partial charge in [-0.15, -0.1) is 0 Å². The average molecular weight is 357 g/mol. The molecule has 0 N–H and O–H groups in total. The summed E-state index contributed by atoms with van der Waals surface area (Å²) in [7, 11) is 2.15. The number of aryl methyl sites for hydroxylation is 2. The molecule has 2 fully saturated rings. The highest BCUT2D eigenvalue weighted by Gasteiger charge is 2.28. The summed E-state index contributed by atoms with van der Waals surface area (Å²) < 4.78 is 0. The number of amides is 2. The second-order valence-electron chi connectivity index (χ2n) is 8.02. The summed E-state index contributed by atoms with van der Waals surface area (Å²) in [5.41, 5.74) is 3.26. The van der Waals surface area contributed by atoms with Crippen molar-refractivity contribution in [1.29, 1.82) is 0 Å². The first-order chi connectivity index (χ1) is 12.4. The molecular formula is C21H31N3O2. The van der Waals surface area contributed by atoms with Crippen molar-refractivity contribution in [1.82, 2.24) is 9.80 Å². The molecule has 2 heterocycles. The van der Waals surface area contributed by atoms with Crippen LogP contribution in [0.25, 0.3) is 0 Å². The SMILES string of the molecule is Cc1cc(C)cc(N2CCN(C(=O)CCC3CCCN(C)C3)CC2=O)c1. The lowest BCUT2D eigenvalue weighted by molar-refractivity contribution is -0.137. The molecule has 3 rings (SSSR count). The van der Waals surface area contributed by atoms with Gasteiger partial charge in [-0.3, -0.25) is 9.59 Å². The summed E-state index contributed by atoms with van der Waals surface area (Å²) >= 11 is 0. The lowest BCUT2D eigenvalue weighted by Gasteiger charge is -2.35. The van der Waals surface area contributed by atoms with Crippen LogP contribution in [-0.4, -0.2) is 61.4 Å². The normalized spacial score (nSPS) is 22.0. The van der Waals surface area contributed by atoms with Gasteiger partial charge in [-0.25, -0.2) is 0 Å². The van der Waals surface area contributed by atoms with Gasteiger partial charge in [0.2, 0.25) is 11.8 Å². The molecule has 0 aromatic heterocycles. The molecule has 1 unspecified atom stereocenters. The van der Waals surface area contributed by atoms with Crippen molar-refractivity contribution in [3.05, 3.63) is 29.3 Å². The smallest absolute Gasteiger partial charge is 0.246 e. The van der Waals surface area contributed by atoms with E-state index in [2.05, 4.69) is 18.0 Å². The van der Waals surface area contributed by atoms with Crippen LogP contribution in [0.2, 0.25) is 0 Å². The number of nitrogens with zero attached hydrogens (tertiary/aromatic N) is 3. The number of anilines is 1. The Hall–Kier alpha value is -1.88. The van der Waals surface area contributed by atoms with Crippen molar-refractivity contribution < 1.29 is 9.59 Å². The van der Waals surface area contributed by atoms with Gasteiger partial charge in [-0.1, -0.05) is 6.07 Å². The molecule has 5 nitrogen and oxygen atoms in total. The van der Waals surface area contributed by atoms with E-state index in [9.17, 15) is 9.59 Å². The van der Waals surface area contributed by atoms with E-state index < -0.39 is 0 Å². The van der Waals surface area contributed by atoms with E-state index in [0.29, 0.717) is 25.4 Å². The first-order valence-electron chi connectivity index (χ1n) is 9.77. The maximum absolute atomic E-state index is 12.6. The third-order valence-electron chi connectivity index (χ3n) is 5.58. The minimum Gasteiger partial charge on any atom is -0.332 e. The Kier molecular flexibility index (Phi) is 5.97. The van der Waals surface area contributed by atoms with E-state index in [1.165, 1.54) is 19.4 Å². The Bertz CT molecular complexity index is 653. The maximum Gasteiger partial charge on any atom is 0.246 e. The third-order valence-corrected chi connectivity index (χ3v) is 5.58. The zero-order valence-electron chi connectivity index (χ0n) is 16.3. The van der Waals surface area contributed by atoms with E-state index in [1.807, 2.05) is 30.9 Å². The fourth-order valence-electron chi connectivity index (χ4n) is 4.26. The molecular weight excluding hydrogens is 326 g/mol. The Balaban J connectivity index is 1.53. The van der Waals surface area contributed by atoms with Gasteiger partial charge < -0.3 is 14.7 Å². The molecule has 1 aromatic carbocycles. The Morgan fingerprint density at radius 2 is 1.85 bits per heavy atom. The van der Waals surface area contributed by atoms with Gasteiger partial charge in [0.15, 0.2) is 0 Å². The Morgan fingerprint density at radius 1 is 1.12 bits per heavy atom. The lowest BCUT2D eigenvalue weighted by Crippen LogP contribution is -2.52. The first-order valence-corrected chi connectivity index (χ1v) is 9.77. The lowest BCUT2D eigenvalue weighted by atomic mass is 9.93. The average Bonchev–Trinajstić information content (AvgIpc) is 2.58. The highest BCUT2D eigenvalue weighted by molar-refractivity contribution is 5.98. The molecule has 1 atom stereocenters. The van der Waals surface area contributed by atoms with E-state index in [0.717, 1.165) is 29.8 Å². The Morgan fingerprint density at radius 3 is 2.50 bits per heavy atom. The molecule has 2 aliphatic rings. The maximum atomic E-state index is 12.6. The van der Waals surface area contributed by atoms with Crippen LogP contribution in [0.5, 0.6) is 0 Å². The molecule has 142 valence electrons. The molecule has 26 heavy (non-hydrogen) atoms. The van der Waals surface area contributed by atoms with Crippen LogP contribution in [0.1, 0.15) is 36.8 Å². The van der Waals surface area contributed by atoms with Gasteiger partial charge in [-0.2, -0.15) is 0 Å². The highest BCUT2D eigenvalue weighted by Crippen LogP contribution is 2.23. The molecule has 2 saturated heterocycles. The molecule has 0 bridgehead atoms. The molecule has 1 aromatic rings. The number of hydrogen-bond acceptors (Lipinski definition) is 3. The molecule has 0 spiro atoms. The number of hydrogen-bond donors (Lipinski definition) is 0. The first kappa shape index (κ1) is 18.9. The number of piperazine rings is 1. The van der Waals surface area contributed by atoms with Gasteiger partial charge >= 0.3 is 0 Å². The molecule has 0 saturated carbocycles. The minimum atomic E-state index is 0.0204. The summed E-state index contributed by atoms with van der Waals surface area (Å²) in [6.45, 7) is 7.76. The predicted octanol–water partition coefficient (Wildman–Crippen LogP) is 2.60. The molecule has 2 amide bonds. The summed E-state index contributed by atoms with van der Waals surface area (Å²) in [6, 6.07) is 6.19. The van der Waals surface area contributed by atoms with Crippen molar-refractivity contribution in [2.45, 2.75) is 39.5 Å². The molecule has 0 radical (unpaired) electrons. The fraction of sp³-hybridized carbons (Fsp3) is 0.619. The van der Waals surface area contributed by atoms with Crippen molar-refractivity contribution in [3.63, 3.8) is 0 Å². The molecule has 2 aliphatic heterocycles. The number of rotatable bonds is 4. The van der Waals surface area contributed by atoms with Crippen LogP contribution in [0.4, 0.5) is 5.69 Å². The minimum absolute atomic E-state index is 0.0204. The van der Waals surface area contributed by atoms with Gasteiger partial charge in [0, 0.05) is 31.7 Å². The van der Waals surface area contributed by atoms with Crippen LogP contribution >= 0.6 is 0 Å². The summed E-state index contributed by atoms with van der Waals surface area (Å²) in [6.07, 6.45) is 3.95. The van der Waals surface area contributed by atoms with Gasteiger partial charge in [-0.05, 0) is 75.9 Å². The predicted molar refractivity (Wildman–Crippen MR) is 104 cm³/mol. The number of likely N-dealkylation sites (tertiary alicyclic amines) is 1. The number of carbonyl (C=O) groups excluding carboxylic acids is 2. The quantitative estimate of drug-likeness (QED) is 0.832. The van der Waals surface area contributed by atoms with Crippen molar-refractivity contribution in [2.24, 2.45) is 5.92 Å². The van der Waals surface area contributed by atoms with Gasteiger partial charge in [0.25, 0.3) is 0 Å². The second-order valence-corrected chi connectivity index (χ2v) is 8.02.